The van der Waals surface area contributed by atoms with E-state index >= 15 is 0 Å². The molecule has 3 aliphatic carbocycles. The molecular weight excluding hydrogens is 1110 g/mol. The van der Waals surface area contributed by atoms with Crippen LogP contribution in [-0.2, 0) is 16.2 Å². The van der Waals surface area contributed by atoms with Crippen LogP contribution in [0.3, 0.4) is 0 Å². The van der Waals surface area contributed by atoms with Crippen molar-refractivity contribution in [3.05, 3.63) is 229 Å². The summed E-state index contributed by atoms with van der Waals surface area (Å²) in [4.78, 5) is 8.21. The molecule has 92 heavy (non-hydrogen) atoms. The lowest BCUT2D eigenvalue weighted by Crippen LogP contribution is -2.52. The van der Waals surface area contributed by atoms with E-state index in [9.17, 15) is 0 Å². The first-order chi connectivity index (χ1) is 44.9. The summed E-state index contributed by atoms with van der Waals surface area (Å²) < 4.78 is 0. The highest BCUT2D eigenvalue weighted by Crippen LogP contribution is 2.65. The molecule has 6 unspecified atom stereocenters. The van der Waals surface area contributed by atoms with Gasteiger partial charge in [-0.1, -0.05) is 206 Å². The number of rotatable bonds is 6. The van der Waals surface area contributed by atoms with E-state index in [0.717, 1.165) is 0 Å². The highest BCUT2D eigenvalue weighted by Gasteiger charge is 2.60. The number of benzene rings is 11. The van der Waals surface area contributed by atoms with Gasteiger partial charge in [-0.25, -0.2) is 0 Å². The highest BCUT2D eigenvalue weighted by molar-refractivity contribution is 6.39. The van der Waals surface area contributed by atoms with E-state index in [1.165, 1.54) is 245 Å². The molecule has 0 aromatic heterocycles. The smallest absolute Gasteiger partial charge is 0.0517 e. The quantitative estimate of drug-likeness (QED) is 0.164. The molecule has 0 saturated heterocycles. The number of nitrogens with zero attached hydrogens (tertiary/aromatic N) is 3. The zero-order chi connectivity index (χ0) is 61.7. The molecule has 3 nitrogen and oxygen atoms in total. The van der Waals surface area contributed by atoms with Crippen molar-refractivity contribution in [2.24, 2.45) is 0 Å². The Balaban J connectivity index is 0.816. The van der Waals surface area contributed by atoms with E-state index < -0.39 is 0 Å². The van der Waals surface area contributed by atoms with Gasteiger partial charge in [-0.15, -0.1) is 0 Å². The fourth-order valence-electron chi connectivity index (χ4n) is 21.2. The third kappa shape index (κ3) is 7.08. The maximum absolute atomic E-state index is 2.75. The highest BCUT2D eigenvalue weighted by atomic mass is 15.3. The van der Waals surface area contributed by atoms with Crippen LogP contribution in [0, 0.1) is 0 Å². The second-order valence-electron chi connectivity index (χ2n) is 30.6. The second kappa shape index (κ2) is 19.5. The molecule has 0 N–H and O–H groups in total. The molecule has 6 atom stereocenters. The molecule has 0 radical (unpaired) electrons. The molecule has 13 aromatic carbocycles. The van der Waals surface area contributed by atoms with Crippen molar-refractivity contribution in [3.8, 4) is 33.4 Å². The average molecular weight is 1190 g/mol. The van der Waals surface area contributed by atoms with Crippen molar-refractivity contribution in [3.63, 3.8) is 0 Å². The molecule has 3 saturated carbocycles. The lowest BCUT2D eigenvalue weighted by atomic mass is 9.66. The van der Waals surface area contributed by atoms with Gasteiger partial charge in [-0.2, -0.15) is 0 Å². The minimum atomic E-state index is -0.0472. The van der Waals surface area contributed by atoms with Crippen LogP contribution >= 0.6 is 0 Å². The van der Waals surface area contributed by atoms with Crippen LogP contribution in [0.4, 0.5) is 34.1 Å². The van der Waals surface area contributed by atoms with Crippen LogP contribution in [0.25, 0.3) is 98.0 Å². The molecule has 3 aliphatic heterocycles. The monoisotopic (exact) mass is 1190 g/mol. The first kappa shape index (κ1) is 55.0. The fraction of sp³-hybridized carbons (Fsp3) is 0.303. The van der Waals surface area contributed by atoms with Gasteiger partial charge in [0.2, 0.25) is 0 Å². The maximum Gasteiger partial charge on any atom is 0.0517 e. The average Bonchev–Trinajstić information content (AvgIpc) is 1.55. The normalized spacial score (nSPS) is 26.1. The second-order valence-corrected chi connectivity index (χ2v) is 30.6. The Morgan fingerprint density at radius 1 is 0.239 bits per heavy atom. The molecule has 0 spiro atoms. The van der Waals surface area contributed by atoms with Crippen LogP contribution in [0.5, 0.6) is 0 Å². The van der Waals surface area contributed by atoms with E-state index in [-0.39, 0.29) is 32.9 Å². The largest absolute Gasteiger partial charge is 0.334 e. The van der Waals surface area contributed by atoms with Gasteiger partial charge in [0.1, 0.15) is 0 Å². The summed E-state index contributed by atoms with van der Waals surface area (Å²) in [6, 6.07) is 84.0. The van der Waals surface area contributed by atoms with Crippen LogP contribution in [0.2, 0.25) is 0 Å². The third-order valence-electron chi connectivity index (χ3n) is 26.6. The number of fused-ring (bicyclic) bond motifs is 15. The number of para-hydroxylation sites is 3. The van der Waals surface area contributed by atoms with E-state index in [1.54, 1.807) is 0 Å². The topological polar surface area (TPSA) is 9.72 Å². The van der Waals surface area contributed by atoms with Gasteiger partial charge in [0.25, 0.3) is 0 Å². The molecule has 454 valence electrons. The Hall–Kier alpha value is -8.66. The summed E-state index contributed by atoms with van der Waals surface area (Å²) >= 11 is 0. The molecule has 0 amide bonds. The zero-order valence-electron chi connectivity index (χ0n) is 54.7. The molecule has 0 bridgehead atoms. The van der Waals surface area contributed by atoms with Gasteiger partial charge in [0.05, 0.1) is 16.6 Å². The van der Waals surface area contributed by atoms with Gasteiger partial charge in [-0.05, 0) is 259 Å². The summed E-state index contributed by atoms with van der Waals surface area (Å²) in [5.74, 6) is 0. The standard InChI is InChI=1S/C89H83N3/c1-84-46-19-10-22-49-87(84,4)90(60-26-13-7-14-27-60)78-43-34-57(52-75(78)84)63-37-40-68-72-56-74-70-42-39-65(59-36-45-80-77(54-59)86(3)48-21-12-24-51-89(86,6)92(80)62-30-17-9-18-31-62)82-64(38-41-69(83(70)82)73(74)55-71(72)67-33-25-32-66(63)81(67)68)58-35-44-79-76(53-58)85(2)47-20-11-23-50-88(85,5)91(79)61-28-15-8-16-29-61/h7-9,13-18,25-45,52-56H,10-12,19-24,46-51H2,1-6H3. The molecule has 3 fully saturated rings. The van der Waals surface area contributed by atoms with E-state index in [2.05, 4.69) is 269 Å². The lowest BCUT2D eigenvalue weighted by Gasteiger charge is -2.46. The minimum Gasteiger partial charge on any atom is -0.334 e. The van der Waals surface area contributed by atoms with Gasteiger partial charge in [-0.3, -0.25) is 0 Å². The third-order valence-corrected chi connectivity index (χ3v) is 26.6. The summed E-state index contributed by atoms with van der Waals surface area (Å²) in [5.41, 5.74) is 20.4. The molecule has 3 heterocycles. The van der Waals surface area contributed by atoms with E-state index in [4.69, 9.17) is 0 Å². The zero-order valence-corrected chi connectivity index (χ0v) is 54.7. The van der Waals surface area contributed by atoms with Crippen molar-refractivity contribution >= 4 is 98.8 Å². The molecular formula is C89H83N3. The van der Waals surface area contributed by atoms with E-state index in [0.29, 0.717) is 0 Å². The van der Waals surface area contributed by atoms with E-state index in [1.807, 2.05) is 0 Å². The Labute approximate surface area is 543 Å². The van der Waals surface area contributed by atoms with Crippen LogP contribution < -0.4 is 14.7 Å². The number of hydrogen-bond acceptors (Lipinski definition) is 3. The van der Waals surface area contributed by atoms with Crippen molar-refractivity contribution in [2.75, 3.05) is 14.7 Å². The van der Waals surface area contributed by atoms with Crippen LogP contribution in [0.15, 0.2) is 212 Å². The Morgan fingerprint density at radius 2 is 0.565 bits per heavy atom. The predicted octanol–water partition coefficient (Wildman–Crippen LogP) is 24.9. The Morgan fingerprint density at radius 3 is 0.957 bits per heavy atom. The van der Waals surface area contributed by atoms with Gasteiger partial charge < -0.3 is 14.7 Å². The van der Waals surface area contributed by atoms with Crippen LogP contribution in [-0.4, -0.2) is 16.6 Å². The lowest BCUT2D eigenvalue weighted by molar-refractivity contribution is 0.261. The van der Waals surface area contributed by atoms with Crippen molar-refractivity contribution in [1.29, 1.82) is 0 Å². The van der Waals surface area contributed by atoms with Crippen LogP contribution in [0.1, 0.15) is 155 Å². The van der Waals surface area contributed by atoms with Gasteiger partial charge >= 0.3 is 0 Å². The minimum absolute atomic E-state index is 0.00759. The molecule has 6 aliphatic rings. The summed E-state index contributed by atoms with van der Waals surface area (Å²) in [6.45, 7) is 15.5. The molecule has 3 heteroatoms. The maximum atomic E-state index is 2.75. The summed E-state index contributed by atoms with van der Waals surface area (Å²) in [6.07, 6.45) is 18.6. The molecule has 13 aromatic rings. The van der Waals surface area contributed by atoms with Crippen molar-refractivity contribution < 1.29 is 0 Å². The van der Waals surface area contributed by atoms with Crippen molar-refractivity contribution in [1.82, 2.24) is 0 Å². The number of hydrogen-bond donors (Lipinski definition) is 0. The summed E-state index contributed by atoms with van der Waals surface area (Å²) in [5, 5.41) is 16.3. The Kier molecular flexibility index (Phi) is 11.6. The SMILES string of the molecule is CC12CCCCCC1(C)N(c1ccccc1)c1ccc(-c3ccc4c5cc6c(cc5c5cccc3c54)c3ccc(-c4ccc5c(c4)C4(C)CCCCCC4(C)N5c4ccccc4)c4c(-c5ccc7c(c5)C5(C)CCCCCC5(C)N7c5ccccc5)ccc6c43)cc12. The van der Waals surface area contributed by atoms with Crippen molar-refractivity contribution in [2.45, 2.75) is 171 Å². The first-order valence-electron chi connectivity index (χ1n) is 35.2. The van der Waals surface area contributed by atoms with Gasteiger partial charge in [0.15, 0.2) is 0 Å². The Bertz CT molecular complexity index is 4950. The number of anilines is 6. The van der Waals surface area contributed by atoms with Gasteiger partial charge in [0, 0.05) is 50.4 Å². The fourth-order valence-corrected chi connectivity index (χ4v) is 21.2. The summed E-state index contributed by atoms with van der Waals surface area (Å²) in [7, 11) is 0. The first-order valence-corrected chi connectivity index (χ1v) is 35.2. The predicted molar refractivity (Wildman–Crippen MR) is 392 cm³/mol. The molecule has 19 rings (SSSR count).